The van der Waals surface area contributed by atoms with Crippen LogP contribution in [0.4, 0.5) is 0 Å². The molecule has 1 spiro atoms. The van der Waals surface area contributed by atoms with E-state index in [0.29, 0.717) is 11.6 Å². The van der Waals surface area contributed by atoms with Crippen molar-refractivity contribution in [2.24, 2.45) is 0 Å². The fourth-order valence-electron chi connectivity index (χ4n) is 3.37. The zero-order valence-corrected chi connectivity index (χ0v) is 11.4. The molecule has 1 heterocycles. The Balaban J connectivity index is 2.01. The van der Waals surface area contributed by atoms with Gasteiger partial charge in [0, 0.05) is 24.7 Å². The lowest BCUT2D eigenvalue weighted by atomic mass is 9.79. The van der Waals surface area contributed by atoms with Crippen molar-refractivity contribution in [1.29, 1.82) is 0 Å². The van der Waals surface area contributed by atoms with Crippen LogP contribution in [0, 0.1) is 11.8 Å². The minimum atomic E-state index is 0.416. The molecule has 2 fully saturated rings. The van der Waals surface area contributed by atoms with Gasteiger partial charge in [-0.05, 0) is 26.2 Å². The highest BCUT2D eigenvalue weighted by Gasteiger charge is 2.38. The van der Waals surface area contributed by atoms with Gasteiger partial charge in [0.25, 0.3) is 0 Å². The Morgan fingerprint density at radius 3 is 2.71 bits per heavy atom. The highest BCUT2D eigenvalue weighted by molar-refractivity contribution is 5.04. The maximum atomic E-state index is 3.85. The Hall–Kier alpha value is -0.520. The molecule has 2 nitrogen and oxygen atoms in total. The summed E-state index contributed by atoms with van der Waals surface area (Å²) in [6.07, 6.45) is 8.18. The van der Waals surface area contributed by atoms with Crippen LogP contribution in [-0.4, -0.2) is 36.1 Å². The van der Waals surface area contributed by atoms with E-state index in [-0.39, 0.29) is 0 Å². The molecule has 1 aliphatic carbocycles. The molecule has 96 valence electrons. The predicted octanol–water partition coefficient (Wildman–Crippen LogP) is 2.40. The summed E-state index contributed by atoms with van der Waals surface area (Å²) in [4.78, 5) is 2.61. The van der Waals surface area contributed by atoms with Crippen LogP contribution in [0.25, 0.3) is 0 Å². The lowest BCUT2D eigenvalue weighted by Gasteiger charge is -2.49. The lowest BCUT2D eigenvalue weighted by molar-refractivity contribution is 0.0643. The topological polar surface area (TPSA) is 15.3 Å². The molecule has 1 N–H and O–H groups in total. The van der Waals surface area contributed by atoms with Gasteiger partial charge in [0.05, 0.1) is 6.54 Å². The van der Waals surface area contributed by atoms with Gasteiger partial charge in [0.2, 0.25) is 0 Å². The zero-order chi connectivity index (χ0) is 12.1. The second-order valence-electron chi connectivity index (χ2n) is 5.62. The van der Waals surface area contributed by atoms with E-state index in [4.69, 9.17) is 0 Å². The smallest absolute Gasteiger partial charge is 0.0604 e. The van der Waals surface area contributed by atoms with Crippen molar-refractivity contribution in [1.82, 2.24) is 10.2 Å². The van der Waals surface area contributed by atoms with Gasteiger partial charge in [-0.2, -0.15) is 0 Å². The largest absolute Gasteiger partial charge is 0.308 e. The van der Waals surface area contributed by atoms with E-state index >= 15 is 0 Å². The zero-order valence-electron chi connectivity index (χ0n) is 11.4. The van der Waals surface area contributed by atoms with Gasteiger partial charge in [0.1, 0.15) is 0 Å². The molecule has 0 aromatic carbocycles. The standard InChI is InChI=1S/C15H26N2/c1-3-5-11-17-13-15(9-7-6-8-10-15)16-12-14(17)4-2/h14,16H,4,6-13H2,1-2H3. The van der Waals surface area contributed by atoms with E-state index in [1.54, 1.807) is 0 Å². The maximum Gasteiger partial charge on any atom is 0.0604 e. The second-order valence-corrected chi connectivity index (χ2v) is 5.62. The fraction of sp³-hybridized carbons (Fsp3) is 0.867. The van der Waals surface area contributed by atoms with Crippen molar-refractivity contribution in [2.45, 2.75) is 64.0 Å². The first-order valence-corrected chi connectivity index (χ1v) is 7.18. The number of rotatable bonds is 2. The maximum absolute atomic E-state index is 3.85. The molecule has 0 amide bonds. The molecule has 1 saturated heterocycles. The molecule has 0 bridgehead atoms. The van der Waals surface area contributed by atoms with Crippen LogP contribution in [-0.2, 0) is 0 Å². The molecule has 2 aliphatic rings. The Kier molecular flexibility index (Phi) is 4.48. The Labute approximate surface area is 106 Å². The molecule has 0 radical (unpaired) electrons. The molecular formula is C15H26N2. The fourth-order valence-corrected chi connectivity index (χ4v) is 3.37. The van der Waals surface area contributed by atoms with Crippen LogP contribution in [0.2, 0.25) is 0 Å². The number of piperazine rings is 1. The lowest BCUT2D eigenvalue weighted by Crippen LogP contribution is -2.64. The van der Waals surface area contributed by atoms with Gasteiger partial charge in [-0.3, -0.25) is 4.90 Å². The minimum Gasteiger partial charge on any atom is -0.308 e. The first-order chi connectivity index (χ1) is 8.29. The first-order valence-electron chi connectivity index (χ1n) is 7.18. The molecule has 1 atom stereocenters. The normalized spacial score (nSPS) is 28.7. The van der Waals surface area contributed by atoms with Gasteiger partial charge in [-0.15, -0.1) is 5.92 Å². The van der Waals surface area contributed by atoms with E-state index in [9.17, 15) is 0 Å². The van der Waals surface area contributed by atoms with Crippen molar-refractivity contribution in [3.05, 3.63) is 0 Å². The van der Waals surface area contributed by atoms with Gasteiger partial charge in [-0.25, -0.2) is 0 Å². The third kappa shape index (κ3) is 3.03. The molecule has 0 aromatic heterocycles. The molecule has 1 unspecified atom stereocenters. The van der Waals surface area contributed by atoms with E-state index in [0.717, 1.165) is 13.1 Å². The van der Waals surface area contributed by atoms with Crippen LogP contribution in [0.5, 0.6) is 0 Å². The SMILES string of the molecule is CC#CCN1CC2(CCCCC2)NCC1CC. The highest BCUT2D eigenvalue weighted by Crippen LogP contribution is 2.32. The summed E-state index contributed by atoms with van der Waals surface area (Å²) in [6.45, 7) is 7.55. The second kappa shape index (κ2) is 5.89. The van der Waals surface area contributed by atoms with Gasteiger partial charge < -0.3 is 5.32 Å². The summed E-state index contributed by atoms with van der Waals surface area (Å²) in [7, 11) is 0. The molecule has 1 saturated carbocycles. The third-order valence-corrected chi connectivity index (χ3v) is 4.48. The molecular weight excluding hydrogens is 208 g/mol. The third-order valence-electron chi connectivity index (χ3n) is 4.48. The number of nitrogens with one attached hydrogen (secondary N) is 1. The molecule has 2 heteroatoms. The van der Waals surface area contributed by atoms with Crippen LogP contribution >= 0.6 is 0 Å². The average molecular weight is 234 g/mol. The van der Waals surface area contributed by atoms with Gasteiger partial charge >= 0.3 is 0 Å². The van der Waals surface area contributed by atoms with Gasteiger partial charge in [0.15, 0.2) is 0 Å². The first kappa shape index (κ1) is 12.9. The van der Waals surface area contributed by atoms with Crippen molar-refractivity contribution in [2.75, 3.05) is 19.6 Å². The highest BCUT2D eigenvalue weighted by atomic mass is 15.2. The van der Waals surface area contributed by atoms with Crippen LogP contribution in [0.15, 0.2) is 0 Å². The van der Waals surface area contributed by atoms with Crippen LogP contribution in [0.3, 0.4) is 0 Å². The average Bonchev–Trinajstić information content (AvgIpc) is 2.37. The Morgan fingerprint density at radius 2 is 2.06 bits per heavy atom. The molecule has 2 rings (SSSR count). The van der Waals surface area contributed by atoms with Crippen molar-refractivity contribution >= 4 is 0 Å². The summed E-state index contributed by atoms with van der Waals surface area (Å²) >= 11 is 0. The van der Waals surface area contributed by atoms with E-state index < -0.39 is 0 Å². The number of nitrogens with zero attached hydrogens (tertiary/aromatic N) is 1. The van der Waals surface area contributed by atoms with Crippen LogP contribution in [0.1, 0.15) is 52.4 Å². The van der Waals surface area contributed by atoms with Gasteiger partial charge in [-0.1, -0.05) is 32.1 Å². The number of hydrogen-bond donors (Lipinski definition) is 1. The molecule has 0 aromatic rings. The summed E-state index contributed by atoms with van der Waals surface area (Å²) in [6, 6.07) is 0.684. The molecule has 1 aliphatic heterocycles. The van der Waals surface area contributed by atoms with E-state index in [2.05, 4.69) is 29.0 Å². The summed E-state index contributed by atoms with van der Waals surface area (Å²) < 4.78 is 0. The quantitative estimate of drug-likeness (QED) is 0.738. The van der Waals surface area contributed by atoms with E-state index in [1.807, 2.05) is 6.92 Å². The summed E-state index contributed by atoms with van der Waals surface area (Å²) in [5.74, 6) is 6.29. The van der Waals surface area contributed by atoms with Crippen molar-refractivity contribution < 1.29 is 0 Å². The van der Waals surface area contributed by atoms with Crippen molar-refractivity contribution in [3.63, 3.8) is 0 Å². The minimum absolute atomic E-state index is 0.416. The Bertz CT molecular complexity index is 294. The molecule has 17 heavy (non-hydrogen) atoms. The van der Waals surface area contributed by atoms with Crippen LogP contribution < -0.4 is 5.32 Å². The van der Waals surface area contributed by atoms with E-state index in [1.165, 1.54) is 45.1 Å². The monoisotopic (exact) mass is 234 g/mol. The summed E-state index contributed by atoms with van der Waals surface area (Å²) in [5, 5.41) is 3.85. The van der Waals surface area contributed by atoms with Crippen molar-refractivity contribution in [3.8, 4) is 11.8 Å². The predicted molar refractivity (Wildman–Crippen MR) is 72.9 cm³/mol. The number of hydrogen-bond acceptors (Lipinski definition) is 2. The summed E-state index contributed by atoms with van der Waals surface area (Å²) in [5.41, 5.74) is 0.416. The Morgan fingerprint density at radius 1 is 1.29 bits per heavy atom.